The van der Waals surface area contributed by atoms with E-state index in [-0.39, 0.29) is 0 Å². The van der Waals surface area contributed by atoms with Crippen molar-refractivity contribution < 1.29 is 9.90 Å². The first kappa shape index (κ1) is 15.0. The third-order valence-electron chi connectivity index (χ3n) is 3.31. The van der Waals surface area contributed by atoms with Gasteiger partial charge in [-0.3, -0.25) is 10.3 Å². The van der Waals surface area contributed by atoms with E-state index >= 15 is 0 Å². The molecule has 1 aliphatic carbocycles. The summed E-state index contributed by atoms with van der Waals surface area (Å²) in [5.74, 6) is 0.319. The van der Waals surface area contributed by atoms with Gasteiger partial charge in [0.15, 0.2) is 0 Å². The normalized spacial score (nSPS) is 12.2. The average molecular weight is 307 g/mol. The zero-order valence-corrected chi connectivity index (χ0v) is 12.6. The minimum absolute atomic E-state index is 0.319. The number of fused-ring (bicyclic) bond motifs is 1. The zero-order valence-electron chi connectivity index (χ0n) is 12.6. The molecule has 23 heavy (non-hydrogen) atoms. The molecule has 2 heterocycles. The van der Waals surface area contributed by atoms with Crippen molar-refractivity contribution in [1.29, 1.82) is 0 Å². The molecule has 2 N–H and O–H groups in total. The van der Waals surface area contributed by atoms with Crippen molar-refractivity contribution in [2.24, 2.45) is 0 Å². The molecule has 5 heteroatoms. The molecule has 116 valence electrons. The first-order valence-corrected chi connectivity index (χ1v) is 7.52. The molecule has 1 amide bonds. The molecule has 1 saturated carbocycles. The van der Waals surface area contributed by atoms with Crippen LogP contribution in [0.15, 0.2) is 55.0 Å². The van der Waals surface area contributed by atoms with E-state index in [1.807, 2.05) is 30.3 Å². The van der Waals surface area contributed by atoms with Gasteiger partial charge in [0.1, 0.15) is 5.82 Å². The Hall–Kier alpha value is -2.95. The van der Waals surface area contributed by atoms with Crippen molar-refractivity contribution in [3.63, 3.8) is 0 Å². The number of hydrogen-bond acceptors (Lipinski definition) is 3. The van der Waals surface area contributed by atoms with Crippen molar-refractivity contribution in [2.45, 2.75) is 19.3 Å². The topological polar surface area (TPSA) is 75.1 Å². The van der Waals surface area contributed by atoms with Crippen LogP contribution in [0.1, 0.15) is 19.3 Å². The molecule has 1 aromatic carbocycles. The summed E-state index contributed by atoms with van der Waals surface area (Å²) in [6.45, 7) is 0. The second-order valence-electron chi connectivity index (χ2n) is 5.36. The van der Waals surface area contributed by atoms with Crippen LogP contribution < -0.4 is 5.32 Å². The van der Waals surface area contributed by atoms with Gasteiger partial charge in [-0.1, -0.05) is 37.5 Å². The summed E-state index contributed by atoms with van der Waals surface area (Å²) in [6, 6.07) is 11.5. The van der Waals surface area contributed by atoms with E-state index in [4.69, 9.17) is 5.11 Å². The molecule has 1 fully saturated rings. The lowest BCUT2D eigenvalue weighted by Gasteiger charge is -2.05. The number of amides is 1. The van der Waals surface area contributed by atoms with Gasteiger partial charge >= 0.3 is 6.09 Å². The van der Waals surface area contributed by atoms with Gasteiger partial charge in [0.2, 0.25) is 0 Å². The number of carbonyl (C=O) groups is 1. The predicted octanol–water partition coefficient (Wildman–Crippen LogP) is 4.56. The highest BCUT2D eigenvalue weighted by Crippen LogP contribution is 2.24. The molecule has 0 bridgehead atoms. The number of nitrogens with one attached hydrogen (secondary N) is 1. The van der Waals surface area contributed by atoms with Gasteiger partial charge in [-0.15, -0.1) is 0 Å². The van der Waals surface area contributed by atoms with Crippen LogP contribution in [-0.4, -0.2) is 21.2 Å². The van der Waals surface area contributed by atoms with Gasteiger partial charge < -0.3 is 5.11 Å². The first-order chi connectivity index (χ1) is 11.2. The van der Waals surface area contributed by atoms with E-state index in [0.717, 1.165) is 21.9 Å². The molecule has 0 spiro atoms. The van der Waals surface area contributed by atoms with Crippen LogP contribution in [0.2, 0.25) is 0 Å². The number of benzene rings is 1. The molecule has 0 saturated heterocycles. The fraction of sp³-hybridized carbons (Fsp3) is 0.167. The SMILES string of the molecule is C1CC1.O=C(O)Nc1cc2ccc(-c3cccnc3)cc2cn1. The Balaban J connectivity index is 0.000000468. The Labute approximate surface area is 134 Å². The third-order valence-corrected chi connectivity index (χ3v) is 3.31. The summed E-state index contributed by atoms with van der Waals surface area (Å²) in [7, 11) is 0. The van der Waals surface area contributed by atoms with Gasteiger partial charge in [-0.05, 0) is 29.1 Å². The predicted molar refractivity (Wildman–Crippen MR) is 90.5 cm³/mol. The van der Waals surface area contributed by atoms with Gasteiger partial charge in [0.25, 0.3) is 0 Å². The van der Waals surface area contributed by atoms with Crippen molar-refractivity contribution in [3.05, 3.63) is 55.0 Å². The largest absolute Gasteiger partial charge is 0.465 e. The maximum atomic E-state index is 10.6. The standard InChI is InChI=1S/C15H11N3O2.C3H6/c19-15(20)18-14-7-11-4-3-10(6-13(11)9-17-14)12-2-1-5-16-8-12;1-2-3-1/h1-9H,(H,17,18)(H,19,20);1-3H2. The van der Waals surface area contributed by atoms with E-state index in [1.165, 1.54) is 19.3 Å². The highest BCUT2D eigenvalue weighted by molar-refractivity contribution is 5.90. The van der Waals surface area contributed by atoms with Crippen LogP contribution in [-0.2, 0) is 0 Å². The Morgan fingerprint density at radius 1 is 1.00 bits per heavy atom. The number of pyridine rings is 2. The highest BCUT2D eigenvalue weighted by atomic mass is 16.4. The number of rotatable bonds is 2. The van der Waals surface area contributed by atoms with Gasteiger partial charge in [0.05, 0.1) is 0 Å². The zero-order chi connectivity index (χ0) is 16.1. The maximum absolute atomic E-state index is 10.6. The molecular weight excluding hydrogens is 290 g/mol. The minimum Gasteiger partial charge on any atom is -0.465 e. The van der Waals surface area contributed by atoms with Crippen LogP contribution >= 0.6 is 0 Å². The van der Waals surface area contributed by atoms with Crippen LogP contribution in [0, 0.1) is 0 Å². The quantitative estimate of drug-likeness (QED) is 0.728. The van der Waals surface area contributed by atoms with Crippen molar-refractivity contribution in [3.8, 4) is 11.1 Å². The maximum Gasteiger partial charge on any atom is 0.410 e. The van der Waals surface area contributed by atoms with Crippen molar-refractivity contribution in [2.75, 3.05) is 5.32 Å². The lowest BCUT2D eigenvalue weighted by atomic mass is 10.0. The Morgan fingerprint density at radius 2 is 1.83 bits per heavy atom. The summed E-state index contributed by atoms with van der Waals surface area (Å²) in [4.78, 5) is 18.8. The van der Waals surface area contributed by atoms with Gasteiger partial charge in [0, 0.05) is 29.5 Å². The molecule has 0 aliphatic heterocycles. The third kappa shape index (κ3) is 4.26. The van der Waals surface area contributed by atoms with E-state index in [2.05, 4.69) is 15.3 Å². The smallest absolute Gasteiger partial charge is 0.410 e. The molecule has 0 unspecified atom stereocenters. The lowest BCUT2D eigenvalue weighted by Crippen LogP contribution is -2.08. The molecule has 2 aromatic heterocycles. The summed E-state index contributed by atoms with van der Waals surface area (Å²) in [5, 5.41) is 12.8. The van der Waals surface area contributed by atoms with Crippen LogP contribution in [0.5, 0.6) is 0 Å². The number of nitrogens with zero attached hydrogens (tertiary/aromatic N) is 2. The summed E-state index contributed by atoms with van der Waals surface area (Å²) in [6.07, 6.45) is 8.56. The van der Waals surface area contributed by atoms with Crippen LogP contribution in [0.4, 0.5) is 10.6 Å². The van der Waals surface area contributed by atoms with E-state index in [1.54, 1.807) is 24.7 Å². The number of hydrogen-bond donors (Lipinski definition) is 2. The second kappa shape index (κ2) is 6.87. The van der Waals surface area contributed by atoms with Gasteiger partial charge in [-0.2, -0.15) is 0 Å². The van der Waals surface area contributed by atoms with E-state index < -0.39 is 6.09 Å². The van der Waals surface area contributed by atoms with E-state index in [0.29, 0.717) is 5.82 Å². The molecule has 3 aromatic rings. The van der Waals surface area contributed by atoms with Crippen LogP contribution in [0.25, 0.3) is 21.9 Å². The minimum atomic E-state index is -1.12. The Morgan fingerprint density at radius 3 is 2.48 bits per heavy atom. The van der Waals surface area contributed by atoms with Crippen molar-refractivity contribution in [1.82, 2.24) is 9.97 Å². The lowest BCUT2D eigenvalue weighted by molar-refractivity contribution is 0.209. The molecule has 1 aliphatic rings. The fourth-order valence-corrected chi connectivity index (χ4v) is 2.03. The second-order valence-corrected chi connectivity index (χ2v) is 5.36. The number of carboxylic acid groups (broad SMARTS) is 1. The van der Waals surface area contributed by atoms with Crippen molar-refractivity contribution >= 4 is 22.7 Å². The monoisotopic (exact) mass is 307 g/mol. The molecule has 5 nitrogen and oxygen atoms in total. The van der Waals surface area contributed by atoms with Gasteiger partial charge in [-0.25, -0.2) is 9.78 Å². The summed E-state index contributed by atoms with van der Waals surface area (Å²) in [5.41, 5.74) is 2.08. The summed E-state index contributed by atoms with van der Waals surface area (Å²) >= 11 is 0. The molecule has 0 radical (unpaired) electrons. The highest BCUT2D eigenvalue weighted by Gasteiger charge is 2.03. The summed E-state index contributed by atoms with van der Waals surface area (Å²) < 4.78 is 0. The molecule has 4 rings (SSSR count). The first-order valence-electron chi connectivity index (χ1n) is 7.52. The number of anilines is 1. The average Bonchev–Trinajstić information content (AvgIpc) is 3.43. The molecule has 0 atom stereocenters. The fourth-order valence-electron chi connectivity index (χ4n) is 2.03. The molecular formula is C18H17N3O2. The number of aromatic nitrogens is 2. The Kier molecular flexibility index (Phi) is 4.47. The van der Waals surface area contributed by atoms with E-state index in [9.17, 15) is 4.79 Å². The van der Waals surface area contributed by atoms with Crippen LogP contribution in [0.3, 0.4) is 0 Å². The Bertz CT molecular complexity index is 814.